The highest BCUT2D eigenvalue weighted by atomic mass is 32.1. The molecule has 0 aliphatic rings. The number of Topliss-reactive ketones (excluding diaryl/α,β-unsaturated/α-hetero) is 1. The molecule has 4 heteroatoms. The number of ether oxygens (including phenoxy) is 1. The molecule has 0 spiro atoms. The summed E-state index contributed by atoms with van der Waals surface area (Å²) in [5.41, 5.74) is 0. The fourth-order valence-corrected chi connectivity index (χ4v) is 1.58. The maximum absolute atomic E-state index is 10.9. The Bertz CT molecular complexity index is 282. The third kappa shape index (κ3) is 1.89. The molecular formula is C8H11NO2S. The number of carbonyl (C=O) groups excluding carboxylic acids is 1. The molecule has 0 saturated heterocycles. The average molecular weight is 185 g/mol. The summed E-state index contributed by atoms with van der Waals surface area (Å²) in [6.45, 7) is 3.44. The molecule has 1 unspecified atom stereocenters. The van der Waals surface area contributed by atoms with Crippen LogP contribution >= 0.6 is 11.3 Å². The first-order chi connectivity index (χ1) is 5.65. The van der Waals surface area contributed by atoms with E-state index in [0.29, 0.717) is 4.88 Å². The number of ketones is 1. The second-order valence-corrected chi connectivity index (χ2v) is 3.56. The molecule has 1 heterocycles. The van der Waals surface area contributed by atoms with Gasteiger partial charge in [0.25, 0.3) is 0 Å². The van der Waals surface area contributed by atoms with Gasteiger partial charge in [-0.25, -0.2) is 4.98 Å². The van der Waals surface area contributed by atoms with Gasteiger partial charge in [0.1, 0.15) is 11.1 Å². The lowest BCUT2D eigenvalue weighted by Gasteiger charge is -2.02. The number of rotatable bonds is 3. The molecule has 0 N–H and O–H groups in total. The highest BCUT2D eigenvalue weighted by Gasteiger charge is 2.10. The normalized spacial score (nSPS) is 12.9. The Balaban J connectivity index is 2.84. The van der Waals surface area contributed by atoms with Crippen LogP contribution in [0, 0.1) is 0 Å². The first kappa shape index (κ1) is 9.35. The maximum Gasteiger partial charge on any atom is 0.171 e. The predicted octanol–water partition coefficient (Wildman–Crippen LogP) is 2.05. The zero-order valence-electron chi connectivity index (χ0n) is 7.33. The molecule has 12 heavy (non-hydrogen) atoms. The van der Waals surface area contributed by atoms with E-state index >= 15 is 0 Å². The molecule has 0 aliphatic heterocycles. The number of methoxy groups -OCH3 is 1. The Morgan fingerprint density at radius 1 is 1.75 bits per heavy atom. The molecule has 0 radical (unpaired) electrons. The molecule has 1 rings (SSSR count). The third-order valence-corrected chi connectivity index (χ3v) is 2.83. The van der Waals surface area contributed by atoms with Crippen LogP contribution in [-0.2, 0) is 4.74 Å². The van der Waals surface area contributed by atoms with Crippen LogP contribution in [0.5, 0.6) is 0 Å². The van der Waals surface area contributed by atoms with Gasteiger partial charge in [-0.2, -0.15) is 0 Å². The molecule has 1 atom stereocenters. The number of nitrogens with zero attached hydrogens (tertiary/aromatic N) is 1. The predicted molar refractivity (Wildman–Crippen MR) is 47.5 cm³/mol. The van der Waals surface area contributed by atoms with E-state index in [1.165, 1.54) is 18.3 Å². The van der Waals surface area contributed by atoms with Gasteiger partial charge in [0.2, 0.25) is 0 Å². The van der Waals surface area contributed by atoms with Gasteiger partial charge < -0.3 is 4.74 Å². The summed E-state index contributed by atoms with van der Waals surface area (Å²) in [5, 5.41) is 0.850. The number of hydrogen-bond donors (Lipinski definition) is 0. The minimum absolute atomic E-state index is 0.0249. The minimum atomic E-state index is -0.0249. The van der Waals surface area contributed by atoms with Crippen LogP contribution in [0.3, 0.4) is 0 Å². The van der Waals surface area contributed by atoms with E-state index in [1.807, 2.05) is 6.92 Å². The van der Waals surface area contributed by atoms with Crippen molar-refractivity contribution in [2.24, 2.45) is 0 Å². The van der Waals surface area contributed by atoms with Crippen LogP contribution in [0.15, 0.2) is 6.20 Å². The third-order valence-electron chi connectivity index (χ3n) is 1.57. The van der Waals surface area contributed by atoms with Crippen molar-refractivity contribution in [2.75, 3.05) is 7.11 Å². The van der Waals surface area contributed by atoms with Crippen LogP contribution in [-0.4, -0.2) is 17.9 Å². The Hall–Kier alpha value is -0.740. The zero-order chi connectivity index (χ0) is 9.14. The standard InChI is InChI=1S/C8H11NO2S/c1-5(10)7-4-9-8(12-7)6(2)11-3/h4,6H,1-3H3. The molecule has 1 aromatic rings. The van der Waals surface area contributed by atoms with Gasteiger partial charge in [-0.3, -0.25) is 4.79 Å². The summed E-state index contributed by atoms with van der Waals surface area (Å²) in [6.07, 6.45) is 1.57. The lowest BCUT2D eigenvalue weighted by molar-refractivity contribution is 0.102. The second-order valence-electron chi connectivity index (χ2n) is 2.50. The van der Waals surface area contributed by atoms with E-state index < -0.39 is 0 Å². The molecule has 66 valence electrons. The molecule has 0 bridgehead atoms. The molecule has 0 saturated carbocycles. The smallest absolute Gasteiger partial charge is 0.171 e. The maximum atomic E-state index is 10.9. The average Bonchev–Trinajstić information content (AvgIpc) is 2.51. The summed E-state index contributed by atoms with van der Waals surface area (Å²) in [4.78, 5) is 15.7. The SMILES string of the molecule is COC(C)c1ncc(C(C)=O)s1. The Morgan fingerprint density at radius 3 is 2.83 bits per heavy atom. The van der Waals surface area contributed by atoms with Crippen LogP contribution < -0.4 is 0 Å². The van der Waals surface area contributed by atoms with Gasteiger partial charge in [0.15, 0.2) is 5.78 Å². The quantitative estimate of drug-likeness (QED) is 0.676. The van der Waals surface area contributed by atoms with Gasteiger partial charge in [-0.15, -0.1) is 11.3 Å². The highest BCUT2D eigenvalue weighted by molar-refractivity contribution is 7.13. The minimum Gasteiger partial charge on any atom is -0.375 e. The lowest BCUT2D eigenvalue weighted by Crippen LogP contribution is -1.93. The summed E-state index contributed by atoms with van der Waals surface area (Å²) < 4.78 is 5.07. The van der Waals surface area contributed by atoms with Crippen molar-refractivity contribution in [3.8, 4) is 0 Å². The molecule has 1 aromatic heterocycles. The van der Waals surface area contributed by atoms with Crippen LogP contribution in [0.25, 0.3) is 0 Å². The van der Waals surface area contributed by atoms with Crippen molar-refractivity contribution in [2.45, 2.75) is 20.0 Å². The fraction of sp³-hybridized carbons (Fsp3) is 0.500. The molecule has 3 nitrogen and oxygen atoms in total. The molecule has 0 aromatic carbocycles. The summed E-state index contributed by atoms with van der Waals surface area (Å²) >= 11 is 1.39. The number of hydrogen-bond acceptors (Lipinski definition) is 4. The van der Waals surface area contributed by atoms with Crippen molar-refractivity contribution in [1.82, 2.24) is 4.98 Å². The molecule has 0 amide bonds. The summed E-state index contributed by atoms with van der Waals surface area (Å²) in [6, 6.07) is 0. The van der Waals surface area contributed by atoms with Crippen molar-refractivity contribution in [3.05, 3.63) is 16.1 Å². The first-order valence-corrected chi connectivity index (χ1v) is 4.46. The van der Waals surface area contributed by atoms with E-state index in [1.54, 1.807) is 13.3 Å². The monoisotopic (exact) mass is 185 g/mol. The Morgan fingerprint density at radius 2 is 2.42 bits per heavy atom. The van der Waals surface area contributed by atoms with Crippen molar-refractivity contribution >= 4 is 17.1 Å². The zero-order valence-corrected chi connectivity index (χ0v) is 8.14. The van der Waals surface area contributed by atoms with Crippen LogP contribution in [0.2, 0.25) is 0 Å². The molecular weight excluding hydrogens is 174 g/mol. The van der Waals surface area contributed by atoms with E-state index in [4.69, 9.17) is 4.74 Å². The van der Waals surface area contributed by atoms with E-state index in [9.17, 15) is 4.79 Å². The Kier molecular flexibility index (Phi) is 2.94. The second kappa shape index (κ2) is 3.78. The largest absolute Gasteiger partial charge is 0.375 e. The van der Waals surface area contributed by atoms with E-state index in [-0.39, 0.29) is 11.9 Å². The van der Waals surface area contributed by atoms with Gasteiger partial charge in [-0.1, -0.05) is 0 Å². The van der Waals surface area contributed by atoms with Gasteiger partial charge in [0, 0.05) is 20.2 Å². The molecule has 0 aliphatic carbocycles. The van der Waals surface area contributed by atoms with Gasteiger partial charge in [0.05, 0.1) is 4.88 Å². The van der Waals surface area contributed by atoms with Crippen LogP contribution in [0.1, 0.15) is 34.6 Å². The molecule has 0 fully saturated rings. The summed E-state index contributed by atoms with van der Waals surface area (Å²) in [5.74, 6) is 0.0575. The lowest BCUT2D eigenvalue weighted by atomic mass is 10.4. The van der Waals surface area contributed by atoms with Crippen molar-refractivity contribution < 1.29 is 9.53 Å². The number of aromatic nitrogens is 1. The van der Waals surface area contributed by atoms with Crippen molar-refractivity contribution in [1.29, 1.82) is 0 Å². The van der Waals surface area contributed by atoms with Crippen molar-refractivity contribution in [3.63, 3.8) is 0 Å². The van der Waals surface area contributed by atoms with E-state index in [0.717, 1.165) is 5.01 Å². The van der Waals surface area contributed by atoms with E-state index in [2.05, 4.69) is 4.98 Å². The fourth-order valence-electron chi connectivity index (χ4n) is 0.739. The summed E-state index contributed by atoms with van der Waals surface area (Å²) in [7, 11) is 1.62. The number of thiazole rings is 1. The topological polar surface area (TPSA) is 39.2 Å². The highest BCUT2D eigenvalue weighted by Crippen LogP contribution is 2.21. The Labute approximate surface area is 75.4 Å². The van der Waals surface area contributed by atoms with Gasteiger partial charge >= 0.3 is 0 Å². The van der Waals surface area contributed by atoms with Gasteiger partial charge in [-0.05, 0) is 6.92 Å². The first-order valence-electron chi connectivity index (χ1n) is 3.64. The van der Waals surface area contributed by atoms with Crippen LogP contribution in [0.4, 0.5) is 0 Å². The number of carbonyl (C=O) groups is 1.